The van der Waals surface area contributed by atoms with Crippen molar-refractivity contribution < 1.29 is 23.8 Å². The molecule has 0 aliphatic heterocycles. The van der Waals surface area contributed by atoms with Gasteiger partial charge in [-0.2, -0.15) is 0 Å². The Morgan fingerprint density at radius 1 is 0.633 bits per heavy atom. The van der Waals surface area contributed by atoms with Gasteiger partial charge in [0.05, 0.1) is 24.0 Å². The molecule has 0 N–H and O–H groups in total. The first-order chi connectivity index (χ1) is 23.2. The van der Waals surface area contributed by atoms with Crippen LogP contribution in [0, 0.1) is 22.7 Å². The zero-order valence-corrected chi connectivity index (χ0v) is 31.7. The minimum Gasteiger partial charge on any atom is -0.463 e. The predicted octanol–water partition coefficient (Wildman–Crippen LogP) is 9.76. The topological polar surface area (TPSA) is 61.8 Å². The first kappa shape index (κ1) is 36.1. The molecule has 2 fully saturated rings. The first-order valence-electron chi connectivity index (χ1n) is 19.4. The van der Waals surface area contributed by atoms with Crippen LogP contribution < -0.4 is 0 Å². The standard InChI is InChI=1S/C44H62O5/c1-29(2)31-11-15-37-33(25-31)9-13-35-27-41(5,17-19-43(35,37)7)39(45)48-23-21-47-22-24-49-40(46)42(6)18-20-44(8)36(28-42)14-10-34-26-32(30(3)4)12-16-38(34)44/h11-12,15-16,25-26,29-30,35-36H,9-10,13-14,17-24,27-28H2,1-8H3. The first-order valence-corrected chi connectivity index (χ1v) is 19.4. The molecule has 0 amide bonds. The molecule has 6 unspecified atom stereocenters. The fourth-order valence-electron chi connectivity index (χ4n) is 10.1. The quantitative estimate of drug-likeness (QED) is 0.186. The summed E-state index contributed by atoms with van der Waals surface area (Å²) in [6.07, 6.45) is 9.86. The van der Waals surface area contributed by atoms with Gasteiger partial charge in [0.2, 0.25) is 0 Å². The van der Waals surface area contributed by atoms with Crippen molar-refractivity contribution in [3.63, 3.8) is 0 Å². The molecule has 2 aromatic carbocycles. The Balaban J connectivity index is 0.918. The molecule has 5 heteroatoms. The van der Waals surface area contributed by atoms with Crippen molar-refractivity contribution in [1.82, 2.24) is 0 Å². The molecule has 49 heavy (non-hydrogen) atoms. The molecule has 0 aromatic heterocycles. The summed E-state index contributed by atoms with van der Waals surface area (Å²) in [5.74, 6) is 1.83. The molecule has 4 aliphatic carbocycles. The van der Waals surface area contributed by atoms with Crippen LogP contribution >= 0.6 is 0 Å². The molecular weight excluding hydrogens is 608 g/mol. The summed E-state index contributed by atoms with van der Waals surface area (Å²) in [6, 6.07) is 14.2. The lowest BCUT2D eigenvalue weighted by Gasteiger charge is -2.51. The average Bonchev–Trinajstić information content (AvgIpc) is 3.08. The number of carbonyl (C=O) groups excluding carboxylic acids is 2. The second-order valence-electron chi connectivity index (χ2n) is 17.9. The van der Waals surface area contributed by atoms with E-state index in [1.165, 1.54) is 33.4 Å². The highest BCUT2D eigenvalue weighted by molar-refractivity contribution is 5.77. The number of hydrogen-bond donors (Lipinski definition) is 0. The molecule has 5 nitrogen and oxygen atoms in total. The van der Waals surface area contributed by atoms with Gasteiger partial charge in [-0.15, -0.1) is 0 Å². The number of fused-ring (bicyclic) bond motifs is 6. The van der Waals surface area contributed by atoms with Gasteiger partial charge in [-0.3, -0.25) is 9.59 Å². The van der Waals surface area contributed by atoms with Gasteiger partial charge in [-0.1, -0.05) is 77.9 Å². The van der Waals surface area contributed by atoms with Crippen LogP contribution in [-0.4, -0.2) is 38.4 Å². The summed E-state index contributed by atoms with van der Waals surface area (Å²) < 4.78 is 17.3. The van der Waals surface area contributed by atoms with E-state index in [4.69, 9.17) is 14.2 Å². The van der Waals surface area contributed by atoms with Crippen LogP contribution in [0.1, 0.15) is 152 Å². The molecule has 0 radical (unpaired) electrons. The van der Waals surface area contributed by atoms with Gasteiger partial charge < -0.3 is 14.2 Å². The maximum atomic E-state index is 13.3. The zero-order chi connectivity index (χ0) is 35.2. The Labute approximate surface area is 296 Å². The van der Waals surface area contributed by atoms with Crippen LogP contribution in [0.15, 0.2) is 36.4 Å². The zero-order valence-electron chi connectivity index (χ0n) is 31.7. The molecule has 0 bridgehead atoms. The molecule has 0 spiro atoms. The van der Waals surface area contributed by atoms with Crippen molar-refractivity contribution in [2.24, 2.45) is 22.7 Å². The van der Waals surface area contributed by atoms with Crippen LogP contribution in [-0.2, 0) is 47.5 Å². The van der Waals surface area contributed by atoms with Crippen molar-refractivity contribution in [1.29, 1.82) is 0 Å². The van der Waals surface area contributed by atoms with Gasteiger partial charge in [0.1, 0.15) is 13.2 Å². The second kappa shape index (κ2) is 13.8. The van der Waals surface area contributed by atoms with E-state index in [-0.39, 0.29) is 36.0 Å². The minimum absolute atomic E-state index is 0.103. The van der Waals surface area contributed by atoms with Crippen molar-refractivity contribution >= 4 is 11.9 Å². The van der Waals surface area contributed by atoms with E-state index in [0.29, 0.717) is 36.9 Å². The summed E-state index contributed by atoms with van der Waals surface area (Å²) in [4.78, 5) is 26.7. The van der Waals surface area contributed by atoms with Gasteiger partial charge in [-0.25, -0.2) is 0 Å². The van der Waals surface area contributed by atoms with Crippen molar-refractivity contribution in [3.8, 4) is 0 Å². The number of esters is 2. The number of carbonyl (C=O) groups is 2. The van der Waals surface area contributed by atoms with Gasteiger partial charge in [-0.05, 0) is 146 Å². The Bertz CT molecular complexity index is 1430. The summed E-state index contributed by atoms with van der Waals surface area (Å²) in [7, 11) is 0. The number of hydrogen-bond acceptors (Lipinski definition) is 5. The van der Waals surface area contributed by atoms with Crippen LogP contribution in [0.25, 0.3) is 0 Å². The SMILES string of the molecule is CC(C)c1ccc2c(c1)CCC1CC(C)(C(=O)OCCOCCOC(=O)C3(C)CCC4(C)c5ccc(C(C)C)cc5CCC4C3)CCC21C. The van der Waals surface area contributed by atoms with Crippen molar-refractivity contribution in [2.75, 3.05) is 26.4 Å². The van der Waals surface area contributed by atoms with E-state index in [1.807, 2.05) is 0 Å². The Morgan fingerprint density at radius 2 is 1.04 bits per heavy atom. The predicted molar refractivity (Wildman–Crippen MR) is 196 cm³/mol. The maximum absolute atomic E-state index is 13.3. The van der Waals surface area contributed by atoms with E-state index in [9.17, 15) is 9.59 Å². The summed E-state index contributed by atoms with van der Waals surface area (Å²) in [6.45, 7) is 19.1. The van der Waals surface area contributed by atoms with Crippen LogP contribution in [0.3, 0.4) is 0 Å². The van der Waals surface area contributed by atoms with E-state index >= 15 is 0 Å². The third-order valence-electron chi connectivity index (χ3n) is 13.8. The Kier molecular flexibility index (Phi) is 10.2. The van der Waals surface area contributed by atoms with Crippen LogP contribution in [0.2, 0.25) is 0 Å². The van der Waals surface area contributed by atoms with Crippen molar-refractivity contribution in [2.45, 2.75) is 142 Å². The van der Waals surface area contributed by atoms with E-state index in [0.717, 1.165) is 64.2 Å². The lowest BCUT2D eigenvalue weighted by molar-refractivity contribution is -0.162. The lowest BCUT2D eigenvalue weighted by Crippen LogP contribution is -2.48. The van der Waals surface area contributed by atoms with Crippen LogP contribution in [0.4, 0.5) is 0 Å². The third kappa shape index (κ3) is 6.87. The molecule has 0 heterocycles. The second-order valence-corrected chi connectivity index (χ2v) is 17.9. The molecule has 0 saturated heterocycles. The summed E-state index contributed by atoms with van der Waals surface area (Å²) in [5.41, 5.74) is 8.16. The van der Waals surface area contributed by atoms with Gasteiger partial charge >= 0.3 is 11.9 Å². The fourth-order valence-corrected chi connectivity index (χ4v) is 10.1. The number of rotatable bonds is 10. The number of aryl methyl sites for hydroxylation is 2. The molecular formula is C44H62O5. The third-order valence-corrected chi connectivity index (χ3v) is 13.8. The van der Waals surface area contributed by atoms with Gasteiger partial charge in [0.15, 0.2) is 0 Å². The molecule has 2 aromatic rings. The molecule has 4 aliphatic rings. The monoisotopic (exact) mass is 670 g/mol. The van der Waals surface area contributed by atoms with Gasteiger partial charge in [0, 0.05) is 0 Å². The number of benzene rings is 2. The van der Waals surface area contributed by atoms with Crippen molar-refractivity contribution in [3.05, 3.63) is 69.8 Å². The average molecular weight is 671 g/mol. The minimum atomic E-state index is -0.460. The highest BCUT2D eigenvalue weighted by atomic mass is 16.6. The van der Waals surface area contributed by atoms with Crippen LogP contribution in [0.5, 0.6) is 0 Å². The van der Waals surface area contributed by atoms with E-state index < -0.39 is 10.8 Å². The maximum Gasteiger partial charge on any atom is 0.311 e. The summed E-state index contributed by atoms with van der Waals surface area (Å²) >= 11 is 0. The fraction of sp³-hybridized carbons (Fsp3) is 0.682. The lowest BCUT2D eigenvalue weighted by atomic mass is 9.53. The molecule has 6 rings (SSSR count). The highest BCUT2D eigenvalue weighted by Crippen LogP contribution is 2.57. The normalized spacial score (nSPS) is 32.1. The Hall–Kier alpha value is -2.66. The summed E-state index contributed by atoms with van der Waals surface area (Å²) in [5, 5.41) is 0. The van der Waals surface area contributed by atoms with Gasteiger partial charge in [0.25, 0.3) is 0 Å². The largest absolute Gasteiger partial charge is 0.463 e. The Morgan fingerprint density at radius 3 is 1.43 bits per heavy atom. The highest BCUT2D eigenvalue weighted by Gasteiger charge is 2.52. The molecule has 6 atom stereocenters. The number of ether oxygens (including phenoxy) is 3. The van der Waals surface area contributed by atoms with E-state index in [1.54, 1.807) is 0 Å². The molecule has 268 valence electrons. The smallest absolute Gasteiger partial charge is 0.311 e. The molecule has 2 saturated carbocycles. The van der Waals surface area contributed by atoms with E-state index in [2.05, 4.69) is 91.8 Å².